The molecule has 1 unspecified atom stereocenters. The average molecular weight is 191 g/mol. The van der Waals surface area contributed by atoms with Gasteiger partial charge in [0.25, 0.3) is 0 Å². The van der Waals surface area contributed by atoms with Crippen molar-refractivity contribution < 1.29 is 5.11 Å². The molecule has 0 amide bonds. The van der Waals surface area contributed by atoms with Gasteiger partial charge < -0.3 is 5.11 Å². The van der Waals surface area contributed by atoms with E-state index in [2.05, 4.69) is 4.98 Å². The molecular weight excluding hydrogens is 182 g/mol. The number of nitrogens with zero attached hydrogens (tertiary/aromatic N) is 1. The summed E-state index contributed by atoms with van der Waals surface area (Å²) >= 11 is 1.59. The van der Waals surface area contributed by atoms with Gasteiger partial charge in [0.05, 0.1) is 0 Å². The molecule has 3 heteroatoms. The second-order valence-electron chi connectivity index (χ2n) is 2.74. The van der Waals surface area contributed by atoms with Crippen LogP contribution in [0.3, 0.4) is 0 Å². The van der Waals surface area contributed by atoms with Crippen molar-refractivity contribution in [1.29, 1.82) is 0 Å². The standard InChI is InChI=1S/C10H9NOS/c12-10(9-3-6-13-7-9)8-1-4-11-5-2-8/h1-7,10,12H. The first kappa shape index (κ1) is 8.41. The van der Waals surface area contributed by atoms with E-state index in [4.69, 9.17) is 0 Å². The van der Waals surface area contributed by atoms with Crippen LogP contribution in [0.1, 0.15) is 17.2 Å². The number of aliphatic hydroxyl groups is 1. The summed E-state index contributed by atoms with van der Waals surface area (Å²) in [6.45, 7) is 0. The summed E-state index contributed by atoms with van der Waals surface area (Å²) in [7, 11) is 0. The molecule has 0 saturated heterocycles. The zero-order chi connectivity index (χ0) is 9.10. The summed E-state index contributed by atoms with van der Waals surface area (Å²) in [6.07, 6.45) is 2.85. The number of aliphatic hydroxyl groups excluding tert-OH is 1. The molecule has 13 heavy (non-hydrogen) atoms. The maximum atomic E-state index is 9.86. The SMILES string of the molecule is OC(c1ccncc1)c1ccsc1. The van der Waals surface area contributed by atoms with Crippen molar-refractivity contribution in [2.45, 2.75) is 6.10 Å². The monoisotopic (exact) mass is 191 g/mol. The molecule has 1 N–H and O–H groups in total. The summed E-state index contributed by atoms with van der Waals surface area (Å²) in [6, 6.07) is 5.57. The molecule has 0 saturated carbocycles. The van der Waals surface area contributed by atoms with E-state index >= 15 is 0 Å². The molecule has 2 nitrogen and oxygen atoms in total. The highest BCUT2D eigenvalue weighted by atomic mass is 32.1. The van der Waals surface area contributed by atoms with Gasteiger partial charge in [-0.15, -0.1) is 0 Å². The minimum absolute atomic E-state index is 0.519. The second-order valence-corrected chi connectivity index (χ2v) is 3.52. The van der Waals surface area contributed by atoms with E-state index in [1.54, 1.807) is 23.7 Å². The van der Waals surface area contributed by atoms with Gasteiger partial charge in [0.1, 0.15) is 6.10 Å². The Bertz CT molecular complexity index is 358. The van der Waals surface area contributed by atoms with Gasteiger partial charge in [0.2, 0.25) is 0 Å². The maximum absolute atomic E-state index is 9.86. The molecule has 0 aliphatic heterocycles. The molecule has 0 fully saturated rings. The van der Waals surface area contributed by atoms with Crippen LogP contribution in [-0.2, 0) is 0 Å². The lowest BCUT2D eigenvalue weighted by Gasteiger charge is -2.07. The molecule has 2 aromatic rings. The fourth-order valence-electron chi connectivity index (χ4n) is 1.17. The Kier molecular flexibility index (Phi) is 2.38. The minimum atomic E-state index is -0.519. The normalized spacial score (nSPS) is 12.7. The van der Waals surface area contributed by atoms with Gasteiger partial charge in [0, 0.05) is 12.4 Å². The van der Waals surface area contributed by atoms with Gasteiger partial charge in [0.15, 0.2) is 0 Å². The van der Waals surface area contributed by atoms with Crippen LogP contribution in [0.25, 0.3) is 0 Å². The van der Waals surface area contributed by atoms with Crippen molar-refractivity contribution in [3.05, 3.63) is 52.5 Å². The molecule has 0 aliphatic carbocycles. The van der Waals surface area contributed by atoms with Gasteiger partial charge in [-0.1, -0.05) is 0 Å². The van der Waals surface area contributed by atoms with Gasteiger partial charge in [-0.3, -0.25) is 4.98 Å². The Morgan fingerprint density at radius 1 is 1.15 bits per heavy atom. The molecular formula is C10H9NOS. The Labute approximate surface area is 80.5 Å². The van der Waals surface area contributed by atoms with Crippen LogP contribution < -0.4 is 0 Å². The molecule has 2 rings (SSSR count). The highest BCUT2D eigenvalue weighted by Crippen LogP contribution is 2.22. The molecule has 2 aromatic heterocycles. The van der Waals surface area contributed by atoms with E-state index in [-0.39, 0.29) is 0 Å². The summed E-state index contributed by atoms with van der Waals surface area (Å²) in [4.78, 5) is 3.90. The van der Waals surface area contributed by atoms with Crippen molar-refractivity contribution in [2.75, 3.05) is 0 Å². The van der Waals surface area contributed by atoms with Crippen molar-refractivity contribution in [2.24, 2.45) is 0 Å². The first-order chi connectivity index (χ1) is 6.38. The quantitative estimate of drug-likeness (QED) is 0.789. The van der Waals surface area contributed by atoms with Crippen LogP contribution in [0.4, 0.5) is 0 Å². The van der Waals surface area contributed by atoms with Crippen LogP contribution >= 0.6 is 11.3 Å². The van der Waals surface area contributed by atoms with Gasteiger partial charge in [-0.2, -0.15) is 11.3 Å². The van der Waals surface area contributed by atoms with Crippen molar-refractivity contribution in [3.8, 4) is 0 Å². The molecule has 0 aliphatic rings. The van der Waals surface area contributed by atoms with E-state index in [1.807, 2.05) is 29.0 Å². The van der Waals surface area contributed by atoms with Crippen LogP contribution in [0.2, 0.25) is 0 Å². The largest absolute Gasteiger partial charge is 0.384 e. The van der Waals surface area contributed by atoms with Crippen LogP contribution in [-0.4, -0.2) is 10.1 Å². The number of pyridine rings is 1. The first-order valence-electron chi connectivity index (χ1n) is 3.98. The Hall–Kier alpha value is -1.19. The predicted octanol–water partition coefficient (Wildman–Crippen LogP) is 2.22. The third-order valence-corrected chi connectivity index (χ3v) is 2.58. The molecule has 66 valence electrons. The van der Waals surface area contributed by atoms with Gasteiger partial charge >= 0.3 is 0 Å². The topological polar surface area (TPSA) is 33.1 Å². The lowest BCUT2D eigenvalue weighted by molar-refractivity contribution is 0.220. The lowest BCUT2D eigenvalue weighted by Crippen LogP contribution is -1.97. The highest BCUT2D eigenvalue weighted by Gasteiger charge is 2.09. The van der Waals surface area contributed by atoms with Crippen LogP contribution in [0, 0.1) is 0 Å². The molecule has 0 spiro atoms. The van der Waals surface area contributed by atoms with Crippen molar-refractivity contribution in [1.82, 2.24) is 4.98 Å². The summed E-state index contributed by atoms with van der Waals surface area (Å²) < 4.78 is 0. The molecule has 0 bridgehead atoms. The van der Waals surface area contributed by atoms with Crippen LogP contribution in [0.5, 0.6) is 0 Å². The van der Waals surface area contributed by atoms with E-state index in [1.165, 1.54) is 0 Å². The predicted molar refractivity (Wildman–Crippen MR) is 52.6 cm³/mol. The maximum Gasteiger partial charge on any atom is 0.105 e. The fraction of sp³-hybridized carbons (Fsp3) is 0.100. The van der Waals surface area contributed by atoms with E-state index < -0.39 is 6.10 Å². The van der Waals surface area contributed by atoms with Crippen LogP contribution in [0.15, 0.2) is 41.4 Å². The highest BCUT2D eigenvalue weighted by molar-refractivity contribution is 7.07. The zero-order valence-corrected chi connectivity index (χ0v) is 7.74. The third-order valence-electron chi connectivity index (χ3n) is 1.88. The first-order valence-corrected chi connectivity index (χ1v) is 4.92. The minimum Gasteiger partial charge on any atom is -0.384 e. The second kappa shape index (κ2) is 3.68. The van der Waals surface area contributed by atoms with E-state index in [0.29, 0.717) is 0 Å². The number of thiophene rings is 1. The van der Waals surface area contributed by atoms with Crippen molar-refractivity contribution in [3.63, 3.8) is 0 Å². The molecule has 2 heterocycles. The summed E-state index contributed by atoms with van der Waals surface area (Å²) in [5.74, 6) is 0. The van der Waals surface area contributed by atoms with Gasteiger partial charge in [-0.25, -0.2) is 0 Å². The Morgan fingerprint density at radius 3 is 2.54 bits per heavy atom. The lowest BCUT2D eigenvalue weighted by atomic mass is 10.1. The Morgan fingerprint density at radius 2 is 1.92 bits per heavy atom. The average Bonchev–Trinajstić information content (AvgIpc) is 2.71. The smallest absolute Gasteiger partial charge is 0.105 e. The van der Waals surface area contributed by atoms with E-state index in [9.17, 15) is 5.11 Å². The third kappa shape index (κ3) is 1.76. The number of aromatic nitrogens is 1. The number of hydrogen-bond donors (Lipinski definition) is 1. The van der Waals surface area contributed by atoms with Gasteiger partial charge in [-0.05, 0) is 40.1 Å². The zero-order valence-electron chi connectivity index (χ0n) is 6.92. The van der Waals surface area contributed by atoms with Crippen molar-refractivity contribution >= 4 is 11.3 Å². The van der Waals surface area contributed by atoms with E-state index in [0.717, 1.165) is 11.1 Å². The molecule has 0 radical (unpaired) electrons. The number of hydrogen-bond acceptors (Lipinski definition) is 3. The molecule has 0 aromatic carbocycles. The fourth-order valence-corrected chi connectivity index (χ4v) is 1.85. The summed E-state index contributed by atoms with van der Waals surface area (Å²) in [5, 5.41) is 13.8. The number of rotatable bonds is 2. The molecule has 1 atom stereocenters. The Balaban J connectivity index is 2.29. The summed E-state index contributed by atoms with van der Waals surface area (Å²) in [5.41, 5.74) is 1.82.